The molecule has 0 spiro atoms. The molecule has 1 heteroatoms. The molecule has 10 aromatic rings. The molecule has 2 aliphatic carbocycles. The number of hydrogen-bond acceptors (Lipinski definition) is 1. The normalized spacial score (nSPS) is 16.7. The minimum absolute atomic E-state index is 0.479. The van der Waals surface area contributed by atoms with E-state index in [9.17, 15) is 0 Å². The molecule has 2 aliphatic rings. The second-order valence-corrected chi connectivity index (χ2v) is 16.8. The molecular formula is C62H43N. The van der Waals surface area contributed by atoms with E-state index in [4.69, 9.17) is 0 Å². The fraction of sp³-hybridized carbons (Fsp3) is 0.0323. The van der Waals surface area contributed by atoms with Crippen molar-refractivity contribution in [3.05, 3.63) is 305 Å². The molecule has 0 bridgehead atoms. The van der Waals surface area contributed by atoms with Gasteiger partial charge in [0.05, 0.1) is 10.8 Å². The van der Waals surface area contributed by atoms with Gasteiger partial charge in [0.15, 0.2) is 0 Å². The fourth-order valence-electron chi connectivity index (χ4n) is 11.0. The molecule has 296 valence electrons. The Labute approximate surface area is 369 Å². The van der Waals surface area contributed by atoms with E-state index in [-0.39, 0.29) is 0 Å². The van der Waals surface area contributed by atoms with Crippen LogP contribution >= 0.6 is 0 Å². The Bertz CT molecular complexity index is 3150. The van der Waals surface area contributed by atoms with Gasteiger partial charge in [-0.1, -0.05) is 224 Å². The van der Waals surface area contributed by atoms with E-state index in [0.29, 0.717) is 0 Å². The Kier molecular flexibility index (Phi) is 8.69. The minimum atomic E-state index is -0.610. The lowest BCUT2D eigenvalue weighted by atomic mass is 9.52. The Morgan fingerprint density at radius 1 is 0.222 bits per heavy atom. The molecule has 2 unspecified atom stereocenters. The van der Waals surface area contributed by atoms with Gasteiger partial charge in [-0.25, -0.2) is 0 Å². The van der Waals surface area contributed by atoms with E-state index >= 15 is 0 Å². The zero-order valence-electron chi connectivity index (χ0n) is 34.8. The molecule has 0 amide bonds. The molecule has 0 aromatic heterocycles. The topological polar surface area (TPSA) is 3.24 Å². The molecule has 0 radical (unpaired) electrons. The first-order valence-corrected chi connectivity index (χ1v) is 21.9. The summed E-state index contributed by atoms with van der Waals surface area (Å²) in [6.45, 7) is 0. The van der Waals surface area contributed by atoms with Crippen LogP contribution < -0.4 is 4.90 Å². The fourth-order valence-corrected chi connectivity index (χ4v) is 11.0. The quantitative estimate of drug-likeness (QED) is 0.148. The predicted molar refractivity (Wildman–Crippen MR) is 261 cm³/mol. The highest BCUT2D eigenvalue weighted by Crippen LogP contribution is 2.65. The van der Waals surface area contributed by atoms with Gasteiger partial charge in [-0.3, -0.25) is 0 Å². The smallest absolute Gasteiger partial charge is 0.0720 e. The predicted octanol–water partition coefficient (Wildman–Crippen LogP) is 15.5. The van der Waals surface area contributed by atoms with E-state index in [1.165, 1.54) is 77.9 Å². The molecule has 12 rings (SSSR count). The first-order valence-electron chi connectivity index (χ1n) is 21.9. The molecule has 0 saturated carbocycles. The molecule has 63 heavy (non-hydrogen) atoms. The molecule has 10 aromatic carbocycles. The summed E-state index contributed by atoms with van der Waals surface area (Å²) < 4.78 is 0. The van der Waals surface area contributed by atoms with Crippen LogP contribution in [-0.4, -0.2) is 0 Å². The van der Waals surface area contributed by atoms with Crippen molar-refractivity contribution in [1.82, 2.24) is 0 Å². The Morgan fingerprint density at radius 3 is 1.10 bits per heavy atom. The van der Waals surface area contributed by atoms with Crippen molar-refractivity contribution in [1.29, 1.82) is 0 Å². The van der Waals surface area contributed by atoms with Crippen LogP contribution in [0.25, 0.3) is 33.4 Å². The average molecular weight is 802 g/mol. The van der Waals surface area contributed by atoms with E-state index in [1.54, 1.807) is 0 Å². The van der Waals surface area contributed by atoms with Gasteiger partial charge < -0.3 is 4.90 Å². The van der Waals surface area contributed by atoms with Crippen LogP contribution in [0.2, 0.25) is 0 Å². The summed E-state index contributed by atoms with van der Waals surface area (Å²) in [5.74, 6) is 0. The minimum Gasteiger partial charge on any atom is -0.311 e. The molecule has 0 N–H and O–H groups in total. The van der Waals surface area contributed by atoms with Crippen LogP contribution in [0.4, 0.5) is 17.1 Å². The first-order chi connectivity index (χ1) is 31.3. The maximum atomic E-state index is 2.41. The molecule has 0 saturated heterocycles. The summed E-state index contributed by atoms with van der Waals surface area (Å²) in [7, 11) is 0. The van der Waals surface area contributed by atoms with Gasteiger partial charge in [0.1, 0.15) is 0 Å². The number of anilines is 3. The summed E-state index contributed by atoms with van der Waals surface area (Å²) in [4.78, 5) is 2.38. The Morgan fingerprint density at radius 2 is 0.571 bits per heavy atom. The zero-order chi connectivity index (χ0) is 41.8. The average Bonchev–Trinajstić information content (AvgIpc) is 3.68. The van der Waals surface area contributed by atoms with Gasteiger partial charge in [0, 0.05) is 17.1 Å². The van der Waals surface area contributed by atoms with Crippen molar-refractivity contribution in [3.63, 3.8) is 0 Å². The van der Waals surface area contributed by atoms with Gasteiger partial charge in [-0.2, -0.15) is 0 Å². The SMILES string of the molecule is c1ccc(-c2ccc(N(c3ccc(-c4ccccc4)cc3)c3ccc(C4(c5ccccc5)c5ccccc5C5(c6ccccc6)c6ccccc6-c6cccc4c65)cc3)cc2)cc1. The molecular weight excluding hydrogens is 759 g/mol. The molecule has 0 heterocycles. The lowest BCUT2D eigenvalue weighted by Crippen LogP contribution is -2.44. The maximum Gasteiger partial charge on any atom is 0.0720 e. The summed E-state index contributed by atoms with van der Waals surface area (Å²) in [6.07, 6.45) is 0. The van der Waals surface area contributed by atoms with Crippen molar-refractivity contribution < 1.29 is 0 Å². The third kappa shape index (κ3) is 5.56. The lowest BCUT2D eigenvalue weighted by Gasteiger charge is -2.49. The Balaban J connectivity index is 1.07. The standard InChI is InChI=1S/C62H43N/c1-5-18-44(19-6-1)46-32-38-51(39-33-46)63(52-40-34-47(35-41-52)45-20-7-2-8-21-45)53-42-36-50(37-43-53)61(48-22-9-3-10-23-48)57-29-15-16-30-58(57)62(49-24-11-4-12-25-49)56-28-14-13-26-54(56)55-27-17-31-59(61)60(55)62/h1-43H. The number of rotatable bonds is 8. The highest BCUT2D eigenvalue weighted by atomic mass is 15.1. The highest BCUT2D eigenvalue weighted by Gasteiger charge is 2.57. The van der Waals surface area contributed by atoms with Gasteiger partial charge in [-0.05, 0) is 114 Å². The monoisotopic (exact) mass is 801 g/mol. The van der Waals surface area contributed by atoms with Crippen LogP contribution in [0.1, 0.15) is 44.5 Å². The maximum absolute atomic E-state index is 2.41. The van der Waals surface area contributed by atoms with Crippen LogP contribution in [0.15, 0.2) is 261 Å². The third-order valence-corrected chi connectivity index (χ3v) is 13.6. The third-order valence-electron chi connectivity index (χ3n) is 13.6. The molecule has 2 atom stereocenters. The highest BCUT2D eigenvalue weighted by molar-refractivity contribution is 5.92. The summed E-state index contributed by atoms with van der Waals surface area (Å²) in [6, 6.07) is 96.4. The molecule has 0 fully saturated rings. The van der Waals surface area contributed by atoms with Crippen LogP contribution in [0.3, 0.4) is 0 Å². The van der Waals surface area contributed by atoms with Crippen molar-refractivity contribution in [2.45, 2.75) is 10.8 Å². The van der Waals surface area contributed by atoms with E-state index in [0.717, 1.165) is 17.1 Å². The number of hydrogen-bond donors (Lipinski definition) is 0. The lowest BCUT2D eigenvalue weighted by molar-refractivity contribution is 0.626. The largest absolute Gasteiger partial charge is 0.311 e. The van der Waals surface area contributed by atoms with Crippen LogP contribution in [-0.2, 0) is 10.8 Å². The second kappa shape index (κ2) is 14.9. The van der Waals surface area contributed by atoms with Crippen molar-refractivity contribution >= 4 is 17.1 Å². The first kappa shape index (κ1) is 36.8. The summed E-state index contributed by atoms with van der Waals surface area (Å²) in [5, 5.41) is 0. The Hall–Kier alpha value is -8.00. The van der Waals surface area contributed by atoms with Crippen molar-refractivity contribution in [2.24, 2.45) is 0 Å². The van der Waals surface area contributed by atoms with Crippen LogP contribution in [0, 0.1) is 0 Å². The van der Waals surface area contributed by atoms with Crippen molar-refractivity contribution in [3.8, 4) is 33.4 Å². The van der Waals surface area contributed by atoms with E-state index < -0.39 is 10.8 Å². The summed E-state index contributed by atoms with van der Waals surface area (Å²) >= 11 is 0. The van der Waals surface area contributed by atoms with Crippen LogP contribution in [0.5, 0.6) is 0 Å². The van der Waals surface area contributed by atoms with E-state index in [1.807, 2.05) is 0 Å². The van der Waals surface area contributed by atoms with Gasteiger partial charge in [-0.15, -0.1) is 0 Å². The zero-order valence-corrected chi connectivity index (χ0v) is 34.8. The van der Waals surface area contributed by atoms with Gasteiger partial charge in [0.25, 0.3) is 0 Å². The number of fused-ring (bicyclic) bond motifs is 5. The van der Waals surface area contributed by atoms with Crippen molar-refractivity contribution in [2.75, 3.05) is 4.90 Å². The number of nitrogens with zero attached hydrogens (tertiary/aromatic N) is 1. The van der Waals surface area contributed by atoms with Gasteiger partial charge >= 0.3 is 0 Å². The second-order valence-electron chi connectivity index (χ2n) is 16.8. The van der Waals surface area contributed by atoms with Gasteiger partial charge in [0.2, 0.25) is 0 Å². The number of benzene rings is 10. The molecule has 0 aliphatic heterocycles. The molecule has 1 nitrogen and oxygen atoms in total. The van der Waals surface area contributed by atoms with E-state index in [2.05, 4.69) is 266 Å². The summed E-state index contributed by atoms with van der Waals surface area (Å²) in [5.41, 5.74) is 20.1.